The second-order valence-corrected chi connectivity index (χ2v) is 12.7. The Morgan fingerprint density at radius 1 is 1.05 bits per heavy atom. The minimum absolute atomic E-state index is 0.00548. The summed E-state index contributed by atoms with van der Waals surface area (Å²) in [5.74, 6) is 0.201. The molecular formula is C29H32N2O6S. The van der Waals surface area contributed by atoms with E-state index >= 15 is 0 Å². The second kappa shape index (κ2) is 8.86. The molecule has 1 N–H and O–H groups in total. The summed E-state index contributed by atoms with van der Waals surface area (Å²) in [6.07, 6.45) is 7.35. The van der Waals surface area contributed by atoms with Crippen LogP contribution >= 0.6 is 0 Å². The lowest BCUT2D eigenvalue weighted by Gasteiger charge is -2.24. The molecule has 38 heavy (non-hydrogen) atoms. The molecule has 2 aromatic carbocycles. The van der Waals surface area contributed by atoms with Gasteiger partial charge in [0, 0.05) is 34.5 Å². The maximum Gasteiger partial charge on any atom is 0.314 e. The van der Waals surface area contributed by atoms with E-state index in [0.29, 0.717) is 18.9 Å². The van der Waals surface area contributed by atoms with Gasteiger partial charge in [0.1, 0.15) is 5.75 Å². The molecule has 3 aliphatic rings. The van der Waals surface area contributed by atoms with Crippen LogP contribution in [-0.4, -0.2) is 45.3 Å². The van der Waals surface area contributed by atoms with E-state index in [-0.39, 0.29) is 17.5 Å². The molecule has 0 bridgehead atoms. The molecule has 8 nitrogen and oxygen atoms in total. The Morgan fingerprint density at radius 2 is 1.82 bits per heavy atom. The first-order valence-corrected chi connectivity index (χ1v) is 15.0. The predicted octanol–water partition coefficient (Wildman–Crippen LogP) is 4.71. The number of hydrogen-bond acceptors (Lipinski definition) is 6. The van der Waals surface area contributed by atoms with E-state index in [2.05, 4.69) is 15.4 Å². The van der Waals surface area contributed by atoms with Gasteiger partial charge in [0.05, 0.1) is 31.6 Å². The molecule has 0 radical (unpaired) electrons. The molecule has 0 spiro atoms. The van der Waals surface area contributed by atoms with Crippen molar-refractivity contribution in [1.82, 2.24) is 9.29 Å². The third-order valence-corrected chi connectivity index (χ3v) is 9.21. The molecule has 1 amide bonds. The third kappa shape index (κ3) is 3.90. The number of nitrogens with one attached hydrogen (secondary N) is 1. The lowest BCUT2D eigenvalue weighted by Crippen LogP contribution is -2.29. The first-order chi connectivity index (χ1) is 18.2. The zero-order valence-corrected chi connectivity index (χ0v) is 22.7. The number of amides is 1. The Balaban J connectivity index is 1.64. The van der Waals surface area contributed by atoms with E-state index < -0.39 is 21.3 Å². The van der Waals surface area contributed by atoms with Crippen molar-refractivity contribution in [3.8, 4) is 17.0 Å². The molecule has 2 atom stereocenters. The summed E-state index contributed by atoms with van der Waals surface area (Å²) in [5.41, 5.74) is 4.89. The van der Waals surface area contributed by atoms with Gasteiger partial charge < -0.3 is 14.0 Å². The van der Waals surface area contributed by atoms with Crippen LogP contribution < -0.4 is 9.46 Å². The first kappa shape index (κ1) is 25.0. The summed E-state index contributed by atoms with van der Waals surface area (Å²) >= 11 is 0. The molecule has 2 fully saturated rings. The highest BCUT2D eigenvalue weighted by Crippen LogP contribution is 2.65. The van der Waals surface area contributed by atoms with Gasteiger partial charge in [-0.15, -0.1) is 0 Å². The largest absolute Gasteiger partial charge is 0.497 e. The average Bonchev–Trinajstić information content (AvgIpc) is 3.57. The molecule has 0 saturated heterocycles. The second-order valence-electron chi connectivity index (χ2n) is 11.0. The Bertz CT molecular complexity index is 1580. The van der Waals surface area contributed by atoms with Gasteiger partial charge in [-0.25, -0.2) is 13.1 Å². The van der Waals surface area contributed by atoms with Crippen molar-refractivity contribution in [1.29, 1.82) is 0 Å². The summed E-state index contributed by atoms with van der Waals surface area (Å²) in [6.45, 7) is 0.428. The molecule has 2 saturated carbocycles. The van der Waals surface area contributed by atoms with Gasteiger partial charge >= 0.3 is 5.97 Å². The van der Waals surface area contributed by atoms with Crippen molar-refractivity contribution in [2.45, 2.75) is 56.9 Å². The van der Waals surface area contributed by atoms with Gasteiger partial charge in [0.25, 0.3) is 5.91 Å². The van der Waals surface area contributed by atoms with Crippen LogP contribution in [0, 0.1) is 5.41 Å². The van der Waals surface area contributed by atoms with Crippen molar-refractivity contribution in [2.75, 3.05) is 20.5 Å². The molecule has 1 aliphatic heterocycles. The number of aromatic nitrogens is 1. The van der Waals surface area contributed by atoms with E-state index in [1.165, 1.54) is 19.1 Å². The summed E-state index contributed by atoms with van der Waals surface area (Å²) in [6, 6.07) is 11.5. The fourth-order valence-electron chi connectivity index (χ4n) is 6.84. The number of esters is 1. The highest BCUT2D eigenvalue weighted by Gasteiger charge is 2.63. The highest BCUT2D eigenvalue weighted by atomic mass is 32.2. The molecule has 2 aliphatic carbocycles. The lowest BCUT2D eigenvalue weighted by atomic mass is 9.81. The van der Waals surface area contributed by atoms with Gasteiger partial charge in [-0.2, -0.15) is 0 Å². The van der Waals surface area contributed by atoms with Crippen LogP contribution in [0.25, 0.3) is 22.2 Å². The minimum atomic E-state index is -3.71. The first-order valence-electron chi connectivity index (χ1n) is 13.1. The Morgan fingerprint density at radius 3 is 2.50 bits per heavy atom. The zero-order valence-electron chi connectivity index (χ0n) is 21.9. The monoisotopic (exact) mass is 536 g/mol. The van der Waals surface area contributed by atoms with Crippen LogP contribution in [0.5, 0.6) is 5.75 Å². The van der Waals surface area contributed by atoms with Crippen LogP contribution in [0.15, 0.2) is 36.4 Å². The topological polar surface area (TPSA) is 104 Å². The summed E-state index contributed by atoms with van der Waals surface area (Å²) in [4.78, 5) is 26.1. The Kier molecular flexibility index (Phi) is 5.83. The van der Waals surface area contributed by atoms with Gasteiger partial charge in [-0.05, 0) is 66.6 Å². The number of hydrogen-bond donors (Lipinski definition) is 1. The quantitative estimate of drug-likeness (QED) is 0.474. The number of rotatable bonds is 5. The summed E-state index contributed by atoms with van der Waals surface area (Å²) in [5, 5.41) is 1.05. The minimum Gasteiger partial charge on any atom is -0.497 e. The van der Waals surface area contributed by atoms with Crippen molar-refractivity contribution in [3.05, 3.63) is 53.1 Å². The van der Waals surface area contributed by atoms with Crippen LogP contribution in [-0.2, 0) is 26.1 Å². The normalized spacial score (nSPS) is 22.6. The summed E-state index contributed by atoms with van der Waals surface area (Å²) in [7, 11) is -0.637. The molecule has 1 aromatic heterocycles. The van der Waals surface area contributed by atoms with Gasteiger partial charge in [-0.1, -0.05) is 25.3 Å². The van der Waals surface area contributed by atoms with E-state index in [4.69, 9.17) is 9.47 Å². The molecule has 2 unspecified atom stereocenters. The van der Waals surface area contributed by atoms with Crippen LogP contribution in [0.3, 0.4) is 0 Å². The van der Waals surface area contributed by atoms with Gasteiger partial charge in [0.15, 0.2) is 0 Å². The molecule has 9 heteroatoms. The number of nitrogens with zero attached hydrogens (tertiary/aromatic N) is 1. The predicted molar refractivity (Wildman–Crippen MR) is 144 cm³/mol. The van der Waals surface area contributed by atoms with Crippen molar-refractivity contribution < 1.29 is 27.5 Å². The number of benzene rings is 2. The molecular weight excluding hydrogens is 504 g/mol. The van der Waals surface area contributed by atoms with Crippen LogP contribution in [0.1, 0.15) is 71.8 Å². The van der Waals surface area contributed by atoms with Crippen molar-refractivity contribution in [3.63, 3.8) is 0 Å². The van der Waals surface area contributed by atoms with Gasteiger partial charge in [-0.3, -0.25) is 9.59 Å². The maximum atomic E-state index is 13.2. The standard InChI is InChI=1S/C29H32N2O6S/c1-36-19-10-12-20-22(14-19)23-15-29(23,28(33)37-2)16-31-24-13-18(27(32)30-38(3,34)35)9-11-21(24)25(26(20)31)17-7-5-4-6-8-17/h9-14,17,23H,4-8,15-16H2,1-3H3,(H,30,32). The average molecular weight is 537 g/mol. The molecule has 200 valence electrons. The van der Waals surface area contributed by atoms with E-state index in [0.717, 1.165) is 65.4 Å². The SMILES string of the molecule is COC(=O)C12CC1c1cc(OC)ccc1-c1c(C3CCCCC3)c3ccc(C(=O)NS(C)(=O)=O)cc3n1C2. The summed E-state index contributed by atoms with van der Waals surface area (Å²) < 4.78 is 38.7. The number of methoxy groups -OCH3 is 2. The fraction of sp³-hybridized carbons (Fsp3) is 0.448. The van der Waals surface area contributed by atoms with E-state index in [1.807, 2.05) is 18.2 Å². The van der Waals surface area contributed by atoms with Crippen LogP contribution in [0.4, 0.5) is 0 Å². The number of carbonyl (C=O) groups excluding carboxylic acids is 2. The third-order valence-electron chi connectivity index (χ3n) is 8.65. The maximum absolute atomic E-state index is 13.2. The Hall–Kier alpha value is -3.33. The number of ether oxygens (including phenoxy) is 2. The Labute approximate surface area is 222 Å². The number of fused-ring (bicyclic) bond motifs is 7. The zero-order chi connectivity index (χ0) is 26.8. The molecule has 3 aromatic rings. The van der Waals surface area contributed by atoms with Gasteiger partial charge in [0.2, 0.25) is 10.0 Å². The van der Waals surface area contributed by atoms with Crippen molar-refractivity contribution in [2.24, 2.45) is 5.41 Å². The van der Waals surface area contributed by atoms with Crippen molar-refractivity contribution >= 4 is 32.8 Å². The number of sulfonamides is 1. The molecule has 6 rings (SSSR count). The van der Waals surface area contributed by atoms with E-state index in [9.17, 15) is 18.0 Å². The lowest BCUT2D eigenvalue weighted by molar-refractivity contribution is -0.147. The molecule has 2 heterocycles. The smallest absolute Gasteiger partial charge is 0.314 e. The van der Waals surface area contributed by atoms with Crippen LogP contribution in [0.2, 0.25) is 0 Å². The van der Waals surface area contributed by atoms with E-state index in [1.54, 1.807) is 19.2 Å². The highest BCUT2D eigenvalue weighted by molar-refractivity contribution is 7.89. The fourth-order valence-corrected chi connectivity index (χ4v) is 7.29. The number of carbonyl (C=O) groups is 2.